The van der Waals surface area contributed by atoms with Crippen LogP contribution in [0.25, 0.3) is 22.3 Å². The minimum atomic E-state index is -0.635. The maximum atomic E-state index is 13.2. The number of ketones is 1. The lowest BCUT2D eigenvalue weighted by Gasteiger charge is -2.39. The third-order valence-electron chi connectivity index (χ3n) is 6.26. The van der Waals surface area contributed by atoms with E-state index in [9.17, 15) is 19.2 Å². The first-order valence-electron chi connectivity index (χ1n) is 11.3. The van der Waals surface area contributed by atoms with Crippen molar-refractivity contribution in [2.24, 2.45) is 0 Å². The molecule has 1 saturated heterocycles. The number of piperazine rings is 1. The number of benzene rings is 1. The highest BCUT2D eigenvalue weighted by atomic mass is 16.2. The van der Waals surface area contributed by atoms with Gasteiger partial charge in [0, 0.05) is 55.1 Å². The van der Waals surface area contributed by atoms with Crippen LogP contribution < -0.4 is 5.56 Å². The minimum absolute atomic E-state index is 0.0912. The highest BCUT2D eigenvalue weighted by Gasteiger charge is 2.34. The van der Waals surface area contributed by atoms with Crippen LogP contribution in [-0.2, 0) is 4.79 Å². The molecule has 9 nitrogen and oxygen atoms in total. The average Bonchev–Trinajstić information content (AvgIpc) is 3.32. The van der Waals surface area contributed by atoms with Crippen LogP contribution in [0, 0.1) is 0 Å². The Bertz CT molecular complexity index is 1490. The molecular weight excluding hydrogens is 446 g/mol. The van der Waals surface area contributed by atoms with Crippen LogP contribution in [-0.4, -0.2) is 68.0 Å². The minimum Gasteiger partial charge on any atom is -0.359 e. The quantitative estimate of drug-likeness (QED) is 0.352. The molecule has 9 heteroatoms. The number of Topliss-reactive ketones (excluding diaryl/α,β-unsaturated/α-hetero) is 1. The van der Waals surface area contributed by atoms with E-state index in [1.807, 2.05) is 25.1 Å². The zero-order chi connectivity index (χ0) is 24.5. The summed E-state index contributed by atoms with van der Waals surface area (Å²) in [5.74, 6) is -1.34. The molecule has 1 aromatic carbocycles. The SMILES string of the molecule is C[C@@H]1CN(C(=O)c2ccccc2)CCN1C(=O)C(=O)c1c[nH]c2c(-c3cccc(=O)[nH]3)nccc12. The largest absolute Gasteiger partial charge is 0.359 e. The fourth-order valence-electron chi connectivity index (χ4n) is 4.49. The number of carbonyl (C=O) groups excluding carboxylic acids is 3. The lowest BCUT2D eigenvalue weighted by molar-refractivity contribution is -0.130. The van der Waals surface area contributed by atoms with Crippen LogP contribution in [0.5, 0.6) is 0 Å². The topological polar surface area (TPSA) is 119 Å². The number of amides is 2. The molecule has 4 heterocycles. The molecule has 4 aromatic rings. The second kappa shape index (κ2) is 9.02. The van der Waals surface area contributed by atoms with Crippen LogP contribution in [0.2, 0.25) is 0 Å². The second-order valence-corrected chi connectivity index (χ2v) is 8.51. The summed E-state index contributed by atoms with van der Waals surface area (Å²) in [5, 5.41) is 0.545. The van der Waals surface area contributed by atoms with Crippen LogP contribution in [0.4, 0.5) is 0 Å². The first kappa shape index (κ1) is 22.3. The summed E-state index contributed by atoms with van der Waals surface area (Å²) in [6.45, 7) is 2.79. The van der Waals surface area contributed by atoms with Gasteiger partial charge in [0.25, 0.3) is 17.6 Å². The van der Waals surface area contributed by atoms with E-state index in [4.69, 9.17) is 0 Å². The smallest absolute Gasteiger partial charge is 0.295 e. The van der Waals surface area contributed by atoms with Gasteiger partial charge in [0.15, 0.2) is 0 Å². The van der Waals surface area contributed by atoms with Gasteiger partial charge in [-0.1, -0.05) is 24.3 Å². The molecule has 35 heavy (non-hydrogen) atoms. The first-order valence-corrected chi connectivity index (χ1v) is 11.3. The average molecular weight is 470 g/mol. The second-order valence-electron chi connectivity index (χ2n) is 8.51. The maximum absolute atomic E-state index is 13.2. The molecule has 2 amide bonds. The summed E-state index contributed by atoms with van der Waals surface area (Å²) in [7, 11) is 0. The normalized spacial score (nSPS) is 15.9. The lowest BCUT2D eigenvalue weighted by atomic mass is 10.1. The van der Waals surface area contributed by atoms with Gasteiger partial charge in [-0.15, -0.1) is 0 Å². The van der Waals surface area contributed by atoms with Gasteiger partial charge in [-0.05, 0) is 31.2 Å². The number of carbonyl (C=O) groups is 3. The van der Waals surface area contributed by atoms with E-state index >= 15 is 0 Å². The third-order valence-corrected chi connectivity index (χ3v) is 6.26. The summed E-state index contributed by atoms with van der Waals surface area (Å²) < 4.78 is 0. The fraction of sp³-hybridized carbons (Fsp3) is 0.192. The molecule has 2 N–H and O–H groups in total. The van der Waals surface area contributed by atoms with Gasteiger partial charge in [0.2, 0.25) is 5.56 Å². The number of fused-ring (bicyclic) bond motifs is 1. The van der Waals surface area contributed by atoms with Crippen molar-refractivity contribution < 1.29 is 14.4 Å². The van der Waals surface area contributed by atoms with E-state index in [1.54, 1.807) is 35.2 Å². The zero-order valence-electron chi connectivity index (χ0n) is 19.0. The number of aromatic nitrogens is 3. The predicted molar refractivity (Wildman–Crippen MR) is 130 cm³/mol. The number of H-pyrrole nitrogens is 2. The van der Waals surface area contributed by atoms with Gasteiger partial charge in [-0.25, -0.2) is 0 Å². The van der Waals surface area contributed by atoms with E-state index < -0.39 is 11.7 Å². The molecule has 176 valence electrons. The molecule has 1 fully saturated rings. The monoisotopic (exact) mass is 469 g/mol. The molecule has 3 aromatic heterocycles. The Kier molecular flexibility index (Phi) is 5.74. The van der Waals surface area contributed by atoms with Crippen molar-refractivity contribution in [3.8, 4) is 11.4 Å². The Hall–Kier alpha value is -4.53. The Morgan fingerprint density at radius 1 is 1.00 bits per heavy atom. The van der Waals surface area contributed by atoms with Gasteiger partial charge in [0.1, 0.15) is 5.69 Å². The molecule has 0 aliphatic carbocycles. The molecule has 0 bridgehead atoms. The summed E-state index contributed by atoms with van der Waals surface area (Å²) in [6.07, 6.45) is 3.03. The summed E-state index contributed by atoms with van der Waals surface area (Å²) in [6, 6.07) is 15.1. The Morgan fingerprint density at radius 2 is 1.80 bits per heavy atom. The number of hydrogen-bond donors (Lipinski definition) is 2. The van der Waals surface area contributed by atoms with Crippen molar-refractivity contribution in [2.75, 3.05) is 19.6 Å². The van der Waals surface area contributed by atoms with Crippen LogP contribution >= 0.6 is 0 Å². The van der Waals surface area contributed by atoms with Gasteiger partial charge in [-0.2, -0.15) is 0 Å². The molecule has 0 spiro atoms. The zero-order valence-corrected chi connectivity index (χ0v) is 19.0. The van der Waals surface area contributed by atoms with E-state index in [-0.39, 0.29) is 29.6 Å². The van der Waals surface area contributed by atoms with Gasteiger partial charge in [0.05, 0.1) is 16.8 Å². The Labute approximate surface area is 200 Å². The standard InChI is InChI=1S/C26H23N5O4/c1-16-15-30(25(34)17-6-3-2-4-7-17)12-13-31(16)26(35)24(33)19-14-28-22-18(19)10-11-27-23(22)20-8-5-9-21(32)29-20/h2-11,14,16,28H,12-13,15H2,1H3,(H,29,32)/t16-/m1/s1. The number of rotatable bonds is 4. The van der Waals surface area contributed by atoms with Crippen molar-refractivity contribution >= 4 is 28.5 Å². The van der Waals surface area contributed by atoms with Crippen LogP contribution in [0.3, 0.4) is 0 Å². The predicted octanol–water partition coefficient (Wildman–Crippen LogP) is 2.47. The van der Waals surface area contributed by atoms with Crippen molar-refractivity contribution in [1.82, 2.24) is 24.8 Å². The molecule has 0 unspecified atom stereocenters. The molecule has 1 aliphatic heterocycles. The third kappa shape index (κ3) is 4.12. The summed E-state index contributed by atoms with van der Waals surface area (Å²) in [5.41, 5.74) is 2.10. The molecule has 1 aliphatic rings. The van der Waals surface area contributed by atoms with Crippen LogP contribution in [0.15, 0.2) is 71.8 Å². The molecular formula is C26H23N5O4. The van der Waals surface area contributed by atoms with E-state index in [0.29, 0.717) is 40.9 Å². The van der Waals surface area contributed by atoms with E-state index in [0.717, 1.165) is 0 Å². The van der Waals surface area contributed by atoms with Gasteiger partial charge < -0.3 is 19.8 Å². The summed E-state index contributed by atoms with van der Waals surface area (Å²) in [4.78, 5) is 64.3. The number of pyridine rings is 2. The van der Waals surface area contributed by atoms with E-state index in [1.165, 1.54) is 23.4 Å². The van der Waals surface area contributed by atoms with Crippen molar-refractivity contribution in [1.29, 1.82) is 0 Å². The first-order chi connectivity index (χ1) is 16.9. The van der Waals surface area contributed by atoms with Gasteiger partial charge in [-0.3, -0.25) is 24.2 Å². The molecule has 0 radical (unpaired) electrons. The lowest BCUT2D eigenvalue weighted by Crippen LogP contribution is -2.56. The Balaban J connectivity index is 1.36. The number of hydrogen-bond acceptors (Lipinski definition) is 5. The van der Waals surface area contributed by atoms with Crippen molar-refractivity contribution in [2.45, 2.75) is 13.0 Å². The maximum Gasteiger partial charge on any atom is 0.295 e. The number of aromatic amines is 2. The molecule has 1 atom stereocenters. The van der Waals surface area contributed by atoms with Crippen molar-refractivity contribution in [3.05, 3.63) is 88.5 Å². The Morgan fingerprint density at radius 3 is 2.54 bits per heavy atom. The number of nitrogens with one attached hydrogen (secondary N) is 2. The van der Waals surface area contributed by atoms with Crippen LogP contribution in [0.1, 0.15) is 27.6 Å². The highest BCUT2D eigenvalue weighted by Crippen LogP contribution is 2.27. The van der Waals surface area contributed by atoms with Crippen molar-refractivity contribution in [3.63, 3.8) is 0 Å². The molecule has 0 saturated carbocycles. The highest BCUT2D eigenvalue weighted by molar-refractivity contribution is 6.45. The van der Waals surface area contributed by atoms with E-state index in [2.05, 4.69) is 15.0 Å². The molecule has 5 rings (SSSR count). The summed E-state index contributed by atoms with van der Waals surface area (Å²) >= 11 is 0. The fourth-order valence-corrected chi connectivity index (χ4v) is 4.49. The van der Waals surface area contributed by atoms with Gasteiger partial charge >= 0.3 is 0 Å². The number of nitrogens with zero attached hydrogens (tertiary/aromatic N) is 3.